The molecule has 2 rings (SSSR count). The van der Waals surface area contributed by atoms with Gasteiger partial charge >= 0.3 is 0 Å². The number of nitrogens with zero attached hydrogens (tertiary/aromatic N) is 1. The van der Waals surface area contributed by atoms with Gasteiger partial charge in [-0.1, -0.05) is 0 Å². The normalized spacial score (nSPS) is 11.1. The van der Waals surface area contributed by atoms with E-state index >= 15 is 0 Å². The van der Waals surface area contributed by atoms with Crippen LogP contribution in [0, 0.1) is 0 Å². The second-order valence-electron chi connectivity index (χ2n) is 3.64. The largest absolute Gasteiger partial charge is 0.399 e. The van der Waals surface area contributed by atoms with Gasteiger partial charge in [-0.3, -0.25) is 9.71 Å². The van der Waals surface area contributed by atoms with Gasteiger partial charge in [0, 0.05) is 11.9 Å². The van der Waals surface area contributed by atoms with Crippen molar-refractivity contribution in [1.29, 1.82) is 0 Å². The van der Waals surface area contributed by atoms with Gasteiger partial charge in [0.25, 0.3) is 10.0 Å². The third kappa shape index (κ3) is 2.51. The molecule has 1 heterocycles. The molecule has 0 radical (unpaired) electrons. The Balaban J connectivity index is 2.33. The third-order valence-electron chi connectivity index (χ3n) is 2.29. The van der Waals surface area contributed by atoms with E-state index in [9.17, 15) is 8.42 Å². The summed E-state index contributed by atoms with van der Waals surface area (Å²) in [5.74, 6) is 0. The van der Waals surface area contributed by atoms with Gasteiger partial charge < -0.3 is 11.5 Å². The van der Waals surface area contributed by atoms with Gasteiger partial charge in [-0.05, 0) is 30.3 Å². The van der Waals surface area contributed by atoms with Gasteiger partial charge in [-0.25, -0.2) is 8.42 Å². The highest BCUT2D eigenvalue weighted by Gasteiger charge is 2.15. The molecule has 0 spiro atoms. The zero-order valence-corrected chi connectivity index (χ0v) is 10.2. The molecule has 7 heteroatoms. The minimum Gasteiger partial charge on any atom is -0.399 e. The molecule has 0 bridgehead atoms. The smallest absolute Gasteiger partial charge is 0.262 e. The Morgan fingerprint density at radius 1 is 1.06 bits per heavy atom. The summed E-state index contributed by atoms with van der Waals surface area (Å²) in [4.78, 5) is 3.92. The first-order valence-electron chi connectivity index (χ1n) is 5.07. The molecule has 5 N–H and O–H groups in total. The summed E-state index contributed by atoms with van der Waals surface area (Å²) in [7, 11) is -3.68. The van der Waals surface area contributed by atoms with Crippen molar-refractivity contribution in [2.45, 2.75) is 4.90 Å². The number of benzene rings is 1. The molecular formula is C11H12N4O2S. The maximum atomic E-state index is 12.0. The third-order valence-corrected chi connectivity index (χ3v) is 3.67. The first-order chi connectivity index (χ1) is 8.49. The number of sulfonamides is 1. The van der Waals surface area contributed by atoms with Crippen molar-refractivity contribution >= 4 is 27.1 Å². The number of hydrogen-bond donors (Lipinski definition) is 3. The maximum absolute atomic E-state index is 12.0. The highest BCUT2D eigenvalue weighted by Crippen LogP contribution is 2.20. The van der Waals surface area contributed by atoms with E-state index in [1.165, 1.54) is 42.7 Å². The van der Waals surface area contributed by atoms with Crippen molar-refractivity contribution in [3.63, 3.8) is 0 Å². The molecule has 0 saturated carbocycles. The van der Waals surface area contributed by atoms with Crippen molar-refractivity contribution in [3.05, 3.63) is 42.7 Å². The summed E-state index contributed by atoms with van der Waals surface area (Å²) in [5, 5.41) is 0. The van der Waals surface area contributed by atoms with Crippen LogP contribution >= 0.6 is 0 Å². The van der Waals surface area contributed by atoms with Crippen molar-refractivity contribution in [2.75, 3.05) is 16.2 Å². The average Bonchev–Trinajstić information content (AvgIpc) is 2.32. The molecule has 0 unspecified atom stereocenters. The molecule has 2 aromatic rings. The van der Waals surface area contributed by atoms with E-state index in [1.807, 2.05) is 0 Å². The van der Waals surface area contributed by atoms with Crippen molar-refractivity contribution in [1.82, 2.24) is 4.98 Å². The Kier molecular flexibility index (Phi) is 3.07. The summed E-state index contributed by atoms with van der Waals surface area (Å²) < 4.78 is 26.4. The van der Waals surface area contributed by atoms with Crippen LogP contribution in [0.25, 0.3) is 0 Å². The van der Waals surface area contributed by atoms with Crippen LogP contribution in [-0.4, -0.2) is 13.4 Å². The Labute approximate surface area is 105 Å². The van der Waals surface area contributed by atoms with Gasteiger partial charge in [0.05, 0.1) is 22.5 Å². The molecule has 0 saturated heterocycles. The van der Waals surface area contributed by atoms with Gasteiger partial charge in [-0.2, -0.15) is 0 Å². The van der Waals surface area contributed by atoms with Crippen molar-refractivity contribution in [3.8, 4) is 0 Å². The van der Waals surface area contributed by atoms with Crippen LogP contribution in [0.1, 0.15) is 0 Å². The second-order valence-corrected chi connectivity index (χ2v) is 5.32. The van der Waals surface area contributed by atoms with E-state index in [2.05, 4.69) is 9.71 Å². The molecule has 1 aromatic carbocycles. The van der Waals surface area contributed by atoms with Crippen LogP contribution in [0.5, 0.6) is 0 Å². The van der Waals surface area contributed by atoms with Crippen LogP contribution in [-0.2, 0) is 10.0 Å². The van der Waals surface area contributed by atoms with E-state index < -0.39 is 10.0 Å². The second kappa shape index (κ2) is 4.53. The fourth-order valence-electron chi connectivity index (χ4n) is 1.34. The highest BCUT2D eigenvalue weighted by molar-refractivity contribution is 7.92. The predicted octanol–water partition coefficient (Wildman–Crippen LogP) is 1.05. The minimum atomic E-state index is -3.68. The van der Waals surface area contributed by atoms with Crippen molar-refractivity contribution in [2.24, 2.45) is 0 Å². The van der Waals surface area contributed by atoms with E-state index in [-0.39, 0.29) is 10.6 Å². The van der Waals surface area contributed by atoms with Crippen LogP contribution < -0.4 is 16.2 Å². The number of nitrogens with one attached hydrogen (secondary N) is 1. The highest BCUT2D eigenvalue weighted by atomic mass is 32.2. The van der Waals surface area contributed by atoms with Crippen LogP contribution in [0.15, 0.2) is 47.6 Å². The molecule has 0 aliphatic carbocycles. The lowest BCUT2D eigenvalue weighted by Crippen LogP contribution is -2.14. The Bertz CT molecular complexity index is 653. The molecule has 0 atom stereocenters. The summed E-state index contributed by atoms with van der Waals surface area (Å²) in [6.07, 6.45) is 2.83. The van der Waals surface area contributed by atoms with E-state index in [0.717, 1.165) is 0 Å². The fourth-order valence-corrected chi connectivity index (χ4v) is 2.41. The van der Waals surface area contributed by atoms with E-state index in [1.54, 1.807) is 0 Å². The molecule has 0 amide bonds. The lowest BCUT2D eigenvalue weighted by atomic mass is 10.3. The van der Waals surface area contributed by atoms with E-state index in [0.29, 0.717) is 11.4 Å². The number of anilines is 3. The standard InChI is InChI=1S/C11H12N4O2S/c12-8-1-3-9(4-2-8)18(16,17)15-11-7-14-6-5-10(11)13/h1-7,15H,12H2,(H2,13,14). The summed E-state index contributed by atoms with van der Waals surface area (Å²) in [6.45, 7) is 0. The molecule has 0 fully saturated rings. The first kappa shape index (κ1) is 12.2. The molecule has 0 aliphatic heterocycles. The number of nitrogen functional groups attached to an aromatic ring is 2. The lowest BCUT2D eigenvalue weighted by molar-refractivity contribution is 0.601. The molecule has 0 aliphatic rings. The fraction of sp³-hybridized carbons (Fsp3) is 0. The number of rotatable bonds is 3. The van der Waals surface area contributed by atoms with E-state index in [4.69, 9.17) is 11.5 Å². The number of hydrogen-bond acceptors (Lipinski definition) is 5. The Hall–Kier alpha value is -2.28. The van der Waals surface area contributed by atoms with Crippen molar-refractivity contribution < 1.29 is 8.42 Å². The average molecular weight is 264 g/mol. The summed E-state index contributed by atoms with van der Waals surface area (Å²) in [5.41, 5.74) is 12.2. The molecule has 94 valence electrons. The van der Waals surface area contributed by atoms with Gasteiger partial charge in [-0.15, -0.1) is 0 Å². The quantitative estimate of drug-likeness (QED) is 0.717. The minimum absolute atomic E-state index is 0.111. The summed E-state index contributed by atoms with van der Waals surface area (Å²) in [6, 6.07) is 7.39. The number of aromatic nitrogens is 1. The van der Waals surface area contributed by atoms with Gasteiger partial charge in [0.1, 0.15) is 0 Å². The lowest BCUT2D eigenvalue weighted by Gasteiger charge is -2.09. The molecule has 1 aromatic heterocycles. The Morgan fingerprint density at radius 3 is 2.33 bits per heavy atom. The Morgan fingerprint density at radius 2 is 1.72 bits per heavy atom. The number of nitrogens with two attached hydrogens (primary N) is 2. The number of pyridine rings is 1. The maximum Gasteiger partial charge on any atom is 0.262 e. The van der Waals surface area contributed by atoms with Gasteiger partial charge in [0.15, 0.2) is 0 Å². The molecule has 6 nitrogen and oxygen atoms in total. The zero-order chi connectivity index (χ0) is 13.2. The van der Waals surface area contributed by atoms with Crippen LogP contribution in [0.3, 0.4) is 0 Å². The zero-order valence-electron chi connectivity index (χ0n) is 9.37. The van der Waals surface area contributed by atoms with Crippen LogP contribution in [0.4, 0.5) is 17.1 Å². The molecule has 18 heavy (non-hydrogen) atoms. The molecular weight excluding hydrogens is 252 g/mol. The van der Waals surface area contributed by atoms with Gasteiger partial charge in [0.2, 0.25) is 0 Å². The SMILES string of the molecule is Nc1ccc(S(=O)(=O)Nc2cnccc2N)cc1. The topological polar surface area (TPSA) is 111 Å². The predicted molar refractivity (Wildman–Crippen MR) is 70.3 cm³/mol. The summed E-state index contributed by atoms with van der Waals surface area (Å²) >= 11 is 0. The first-order valence-corrected chi connectivity index (χ1v) is 6.55. The monoisotopic (exact) mass is 264 g/mol. The van der Waals surface area contributed by atoms with Crippen LogP contribution in [0.2, 0.25) is 0 Å².